The second kappa shape index (κ2) is 4.25. The molecule has 0 aliphatic carbocycles. The predicted octanol–water partition coefficient (Wildman–Crippen LogP) is -0.458. The van der Waals surface area contributed by atoms with Crippen LogP contribution in [-0.2, 0) is 14.7 Å². The Balaban J connectivity index is 3.27. The summed E-state index contributed by atoms with van der Waals surface area (Å²) in [5.41, 5.74) is 2.11. The summed E-state index contributed by atoms with van der Waals surface area (Å²) in [4.78, 5) is 18.2. The maximum absolute atomic E-state index is 10.0. The second-order valence-electron chi connectivity index (χ2n) is 1.43. The first-order valence-electron chi connectivity index (χ1n) is 2.36. The Bertz CT molecular complexity index is 94.6. The molecule has 0 aliphatic heterocycles. The Morgan fingerprint density at radius 2 is 2.33 bits per heavy atom. The summed E-state index contributed by atoms with van der Waals surface area (Å²) in [7, 11) is 1.28. The van der Waals surface area contributed by atoms with Crippen LogP contribution in [0.4, 0.5) is 0 Å². The Kier molecular flexibility index (Phi) is 3.94. The van der Waals surface area contributed by atoms with Crippen LogP contribution in [0.25, 0.3) is 0 Å². The number of hydrogen-bond donors (Lipinski definition) is 2. The molecule has 5 nitrogen and oxygen atoms in total. The van der Waals surface area contributed by atoms with Crippen molar-refractivity contribution in [2.45, 2.75) is 13.0 Å². The summed E-state index contributed by atoms with van der Waals surface area (Å²) >= 11 is 0. The zero-order chi connectivity index (χ0) is 7.28. The topological polar surface area (TPSA) is 67.8 Å². The predicted molar refractivity (Wildman–Crippen MR) is 28.3 cm³/mol. The van der Waals surface area contributed by atoms with E-state index in [1.165, 1.54) is 14.0 Å². The third kappa shape index (κ3) is 3.89. The van der Waals surface area contributed by atoms with Gasteiger partial charge < -0.3 is 5.11 Å². The molecule has 5 heteroatoms. The molecule has 0 saturated heterocycles. The van der Waals surface area contributed by atoms with Gasteiger partial charge in [-0.15, -0.1) is 4.99 Å². The average molecular weight is 135 g/mol. The van der Waals surface area contributed by atoms with Gasteiger partial charge >= 0.3 is 5.97 Å². The summed E-state index contributed by atoms with van der Waals surface area (Å²) in [6.45, 7) is 1.43. The van der Waals surface area contributed by atoms with Crippen LogP contribution in [0.1, 0.15) is 6.92 Å². The van der Waals surface area contributed by atoms with E-state index in [1.807, 2.05) is 0 Å². The number of nitrogens with one attached hydrogen (secondary N) is 1. The molecule has 0 rings (SSSR count). The molecule has 0 saturated carbocycles. The van der Waals surface area contributed by atoms with Crippen LogP contribution >= 0.6 is 0 Å². The highest BCUT2D eigenvalue weighted by Gasteiger charge is 2.08. The Hall–Kier alpha value is -0.650. The van der Waals surface area contributed by atoms with E-state index in [0.717, 1.165) is 0 Å². The first-order chi connectivity index (χ1) is 4.18. The van der Waals surface area contributed by atoms with Crippen LogP contribution in [-0.4, -0.2) is 24.2 Å². The maximum Gasteiger partial charge on any atom is 0.322 e. The van der Waals surface area contributed by atoms with Crippen LogP contribution < -0.4 is 5.48 Å². The fraction of sp³-hybridized carbons (Fsp3) is 0.750. The third-order valence-electron chi connectivity index (χ3n) is 0.679. The van der Waals surface area contributed by atoms with Crippen LogP contribution in [0.3, 0.4) is 0 Å². The first kappa shape index (κ1) is 8.35. The van der Waals surface area contributed by atoms with E-state index in [0.29, 0.717) is 0 Å². The van der Waals surface area contributed by atoms with E-state index in [-0.39, 0.29) is 0 Å². The lowest BCUT2D eigenvalue weighted by Gasteiger charge is -2.04. The molecule has 0 amide bonds. The van der Waals surface area contributed by atoms with Gasteiger partial charge in [0.25, 0.3) is 0 Å². The molecule has 0 aromatic carbocycles. The maximum atomic E-state index is 10.0. The fourth-order valence-corrected chi connectivity index (χ4v) is 0.171. The first-order valence-corrected chi connectivity index (χ1v) is 2.36. The largest absolute Gasteiger partial charge is 0.480 e. The highest BCUT2D eigenvalue weighted by molar-refractivity contribution is 5.72. The van der Waals surface area contributed by atoms with E-state index in [2.05, 4.69) is 15.4 Å². The number of hydroxylamine groups is 1. The molecule has 0 spiro atoms. The van der Waals surface area contributed by atoms with Gasteiger partial charge in [-0.25, -0.2) is 4.89 Å². The molecular formula is C4H9NO4. The molecule has 54 valence electrons. The lowest BCUT2D eigenvalue weighted by Crippen LogP contribution is -2.33. The second-order valence-corrected chi connectivity index (χ2v) is 1.43. The number of carbonyl (C=O) groups is 1. The molecule has 2 N–H and O–H groups in total. The van der Waals surface area contributed by atoms with Crippen molar-refractivity contribution in [3.8, 4) is 0 Å². The smallest absolute Gasteiger partial charge is 0.322 e. The van der Waals surface area contributed by atoms with Gasteiger partial charge in [0.15, 0.2) is 0 Å². The summed E-state index contributed by atoms with van der Waals surface area (Å²) < 4.78 is 0. The monoisotopic (exact) mass is 135 g/mol. The lowest BCUT2D eigenvalue weighted by atomic mass is 10.4. The van der Waals surface area contributed by atoms with Crippen molar-refractivity contribution in [2.75, 3.05) is 7.11 Å². The Morgan fingerprint density at radius 3 is 2.67 bits per heavy atom. The van der Waals surface area contributed by atoms with Crippen LogP contribution in [0.15, 0.2) is 0 Å². The Morgan fingerprint density at radius 1 is 1.78 bits per heavy atom. The van der Waals surface area contributed by atoms with Crippen molar-refractivity contribution in [1.29, 1.82) is 0 Å². The molecule has 0 aromatic heterocycles. The molecule has 0 aromatic rings. The molecule has 0 fully saturated rings. The minimum atomic E-state index is -0.993. The van der Waals surface area contributed by atoms with Crippen molar-refractivity contribution in [1.82, 2.24) is 5.48 Å². The van der Waals surface area contributed by atoms with Gasteiger partial charge in [0.05, 0.1) is 7.11 Å². The van der Waals surface area contributed by atoms with Gasteiger partial charge in [-0.05, 0) is 6.92 Å². The molecule has 0 radical (unpaired) electrons. The SMILES string of the molecule is COONC(C)C(=O)O. The molecule has 1 atom stereocenters. The molecule has 0 bridgehead atoms. The Labute approximate surface area is 52.5 Å². The quantitative estimate of drug-likeness (QED) is 0.403. The zero-order valence-corrected chi connectivity index (χ0v) is 5.25. The van der Waals surface area contributed by atoms with Gasteiger partial charge in [0, 0.05) is 0 Å². The zero-order valence-electron chi connectivity index (χ0n) is 5.25. The number of carboxylic acid groups (broad SMARTS) is 1. The summed E-state index contributed by atoms with van der Waals surface area (Å²) in [6, 6.07) is -0.759. The van der Waals surface area contributed by atoms with Gasteiger partial charge in [0.1, 0.15) is 6.04 Å². The van der Waals surface area contributed by atoms with Gasteiger partial charge in [-0.1, -0.05) is 0 Å². The van der Waals surface area contributed by atoms with Crippen LogP contribution in [0.5, 0.6) is 0 Å². The molecule has 0 heterocycles. The minimum Gasteiger partial charge on any atom is -0.480 e. The number of hydrogen-bond acceptors (Lipinski definition) is 4. The minimum absolute atomic E-state index is 0.759. The van der Waals surface area contributed by atoms with E-state index >= 15 is 0 Å². The van der Waals surface area contributed by atoms with Crippen molar-refractivity contribution < 1.29 is 19.8 Å². The van der Waals surface area contributed by atoms with E-state index in [4.69, 9.17) is 5.11 Å². The van der Waals surface area contributed by atoms with Crippen molar-refractivity contribution in [3.63, 3.8) is 0 Å². The van der Waals surface area contributed by atoms with Crippen LogP contribution in [0.2, 0.25) is 0 Å². The average Bonchev–Trinajstić information content (AvgIpc) is 1.82. The molecule has 0 aliphatic rings. The summed E-state index contributed by atoms with van der Waals surface area (Å²) in [5, 5.41) is 8.21. The number of carboxylic acids is 1. The van der Waals surface area contributed by atoms with Crippen molar-refractivity contribution >= 4 is 5.97 Å². The summed E-state index contributed by atoms with van der Waals surface area (Å²) in [5.74, 6) is -0.993. The molecule has 1 unspecified atom stereocenters. The van der Waals surface area contributed by atoms with E-state index in [1.54, 1.807) is 0 Å². The van der Waals surface area contributed by atoms with Crippen LogP contribution in [0, 0.1) is 0 Å². The number of aliphatic carboxylic acids is 1. The molecular weight excluding hydrogens is 126 g/mol. The lowest BCUT2D eigenvalue weighted by molar-refractivity contribution is -0.322. The van der Waals surface area contributed by atoms with Gasteiger partial charge in [-0.3, -0.25) is 4.79 Å². The highest BCUT2D eigenvalue weighted by Crippen LogP contribution is 1.79. The molecule has 9 heavy (non-hydrogen) atoms. The van der Waals surface area contributed by atoms with Crippen molar-refractivity contribution in [3.05, 3.63) is 0 Å². The van der Waals surface area contributed by atoms with E-state index in [9.17, 15) is 4.79 Å². The highest BCUT2D eigenvalue weighted by atomic mass is 17.3. The fourth-order valence-electron chi connectivity index (χ4n) is 0.171. The van der Waals surface area contributed by atoms with Gasteiger partial charge in [0.2, 0.25) is 0 Å². The van der Waals surface area contributed by atoms with E-state index < -0.39 is 12.0 Å². The third-order valence-corrected chi connectivity index (χ3v) is 0.679. The number of rotatable bonds is 4. The normalized spacial score (nSPS) is 13.1. The standard InChI is InChI=1S/C4H9NO4/c1-3(4(6)7)5-9-8-2/h3,5H,1-2H3,(H,6,7). The van der Waals surface area contributed by atoms with Crippen molar-refractivity contribution in [2.24, 2.45) is 0 Å². The summed E-state index contributed by atoms with van der Waals surface area (Å²) in [6.07, 6.45) is 0. The van der Waals surface area contributed by atoms with Gasteiger partial charge in [-0.2, -0.15) is 5.48 Å².